The number of aliphatic carboxylic acids is 1. The first-order valence-corrected chi connectivity index (χ1v) is 16.0. The van der Waals surface area contributed by atoms with E-state index in [4.69, 9.17) is 9.16 Å². The lowest BCUT2D eigenvalue weighted by Crippen LogP contribution is -2.54. The minimum atomic E-state index is -2.47. The minimum Gasteiger partial charge on any atom is -0.481 e. The van der Waals surface area contributed by atoms with Crippen LogP contribution in [0.3, 0.4) is 0 Å². The number of carbonyl (C=O) groups is 2. The second kappa shape index (κ2) is 12.9. The number of hydrogen-bond acceptors (Lipinski definition) is 4. The Labute approximate surface area is 228 Å². The van der Waals surface area contributed by atoms with Crippen LogP contribution < -0.4 is 5.32 Å². The predicted octanol–water partition coefficient (Wildman–Crippen LogP) is 7.31. The number of benzene rings is 2. The molecule has 6 nitrogen and oxygen atoms in total. The van der Waals surface area contributed by atoms with E-state index in [0.717, 1.165) is 5.56 Å². The topological polar surface area (TPSA) is 84.9 Å². The van der Waals surface area contributed by atoms with Gasteiger partial charge in [0.25, 0.3) is 0 Å². The van der Waals surface area contributed by atoms with Gasteiger partial charge in [0, 0.05) is 0 Å². The Morgan fingerprint density at radius 1 is 0.947 bits per heavy atom. The molecule has 0 heterocycles. The zero-order valence-corrected chi connectivity index (χ0v) is 25.0. The van der Waals surface area contributed by atoms with E-state index in [-0.39, 0.29) is 11.5 Å². The van der Waals surface area contributed by atoms with E-state index in [2.05, 4.69) is 39.2 Å². The molecule has 1 amide bonds. The molecule has 38 heavy (non-hydrogen) atoms. The Bertz CT molecular complexity index is 1030. The minimum absolute atomic E-state index is 0.120. The SMILES string of the molecule is CC(C)(C)OC(=O)NC(Cc1ccccc1)C(CC(C(=O)O)[C@@H](F)c1ccccc1)O[Si](C)(C)C(C)(C)C. The lowest BCUT2D eigenvalue weighted by Gasteiger charge is -2.42. The molecule has 8 heteroatoms. The summed E-state index contributed by atoms with van der Waals surface area (Å²) >= 11 is 0. The standard InChI is InChI=1S/C30H44FNO5Si/c1-29(2,3)36-28(35)32-24(19-21-15-11-9-12-16-21)25(37-38(7,8)30(4,5)6)20-23(27(33)34)26(31)22-17-13-10-14-18-22/h9-18,23-26H,19-20H2,1-8H3,(H,32,35)(H,33,34)/t23?,24?,25?,26-/m0/s1. The highest BCUT2D eigenvalue weighted by atomic mass is 28.4. The quantitative estimate of drug-likeness (QED) is 0.289. The van der Waals surface area contributed by atoms with E-state index in [1.54, 1.807) is 51.1 Å². The van der Waals surface area contributed by atoms with Crippen LogP contribution in [0, 0.1) is 5.92 Å². The van der Waals surface area contributed by atoms with Gasteiger partial charge in [0.05, 0.1) is 18.1 Å². The summed E-state index contributed by atoms with van der Waals surface area (Å²) in [6.07, 6.45) is -2.89. The van der Waals surface area contributed by atoms with Crippen LogP contribution in [0.25, 0.3) is 0 Å². The maximum absolute atomic E-state index is 15.7. The number of nitrogens with one attached hydrogen (secondary N) is 1. The van der Waals surface area contributed by atoms with Gasteiger partial charge in [-0.3, -0.25) is 4.79 Å². The van der Waals surface area contributed by atoms with E-state index >= 15 is 4.39 Å². The van der Waals surface area contributed by atoms with Crippen LogP contribution in [0.2, 0.25) is 18.1 Å². The molecule has 0 saturated carbocycles. The van der Waals surface area contributed by atoms with Gasteiger partial charge < -0.3 is 19.6 Å². The Kier molecular flexibility index (Phi) is 10.7. The molecule has 4 atom stereocenters. The van der Waals surface area contributed by atoms with E-state index in [1.165, 1.54) is 0 Å². The van der Waals surface area contributed by atoms with Crippen molar-refractivity contribution >= 4 is 20.4 Å². The number of carbonyl (C=O) groups excluding carboxylic acids is 1. The molecule has 0 saturated heterocycles. The summed E-state index contributed by atoms with van der Waals surface area (Å²) in [5, 5.41) is 12.9. The molecular formula is C30H44FNO5Si. The lowest BCUT2D eigenvalue weighted by molar-refractivity contribution is -0.145. The normalized spacial score (nSPS) is 15.7. The summed E-state index contributed by atoms with van der Waals surface area (Å²) in [6.45, 7) is 15.7. The third-order valence-electron chi connectivity index (χ3n) is 6.98. The molecule has 2 rings (SSSR count). The first-order chi connectivity index (χ1) is 17.5. The van der Waals surface area contributed by atoms with Gasteiger partial charge in [-0.05, 0) is 62.9 Å². The number of alkyl halides is 1. The molecule has 0 radical (unpaired) electrons. The van der Waals surface area contributed by atoms with Gasteiger partial charge in [-0.15, -0.1) is 0 Å². The van der Waals surface area contributed by atoms with Crippen molar-refractivity contribution in [2.75, 3.05) is 0 Å². The van der Waals surface area contributed by atoms with Crippen molar-refractivity contribution in [2.24, 2.45) is 5.92 Å². The first kappa shape index (κ1) is 31.5. The molecule has 3 unspecified atom stereocenters. The van der Waals surface area contributed by atoms with Gasteiger partial charge >= 0.3 is 12.1 Å². The fourth-order valence-electron chi connectivity index (χ4n) is 3.92. The molecule has 0 fully saturated rings. The van der Waals surface area contributed by atoms with Crippen LogP contribution in [-0.4, -0.2) is 43.2 Å². The first-order valence-electron chi connectivity index (χ1n) is 13.1. The molecule has 2 N–H and O–H groups in total. The van der Waals surface area contributed by atoms with Crippen LogP contribution in [0.5, 0.6) is 0 Å². The van der Waals surface area contributed by atoms with E-state index in [1.807, 2.05) is 30.3 Å². The monoisotopic (exact) mass is 545 g/mol. The van der Waals surface area contributed by atoms with Crippen LogP contribution in [0.4, 0.5) is 9.18 Å². The van der Waals surface area contributed by atoms with Gasteiger partial charge in [0.2, 0.25) is 0 Å². The molecule has 0 aliphatic rings. The van der Waals surface area contributed by atoms with Crippen molar-refractivity contribution in [3.63, 3.8) is 0 Å². The maximum Gasteiger partial charge on any atom is 0.407 e. The molecular weight excluding hydrogens is 501 g/mol. The molecule has 0 aliphatic carbocycles. The summed E-state index contributed by atoms with van der Waals surface area (Å²) in [5.41, 5.74) is 0.507. The Morgan fingerprint density at radius 2 is 1.47 bits per heavy atom. The summed E-state index contributed by atoms with van der Waals surface area (Å²) in [5.74, 6) is -2.62. The third kappa shape index (κ3) is 9.55. The van der Waals surface area contributed by atoms with Crippen LogP contribution in [0.1, 0.15) is 65.3 Å². The number of hydrogen-bond donors (Lipinski definition) is 2. The van der Waals surface area contributed by atoms with Gasteiger partial charge in [0.1, 0.15) is 11.8 Å². The number of carboxylic acid groups (broad SMARTS) is 1. The average Bonchev–Trinajstić information content (AvgIpc) is 2.80. The molecule has 0 aromatic heterocycles. The van der Waals surface area contributed by atoms with E-state index in [0.29, 0.717) is 12.0 Å². The average molecular weight is 546 g/mol. The summed E-state index contributed by atoms with van der Waals surface area (Å²) < 4.78 is 28.0. The number of rotatable bonds is 11. The fourth-order valence-corrected chi connectivity index (χ4v) is 5.29. The Balaban J connectivity index is 2.52. The highest BCUT2D eigenvalue weighted by molar-refractivity contribution is 6.74. The number of alkyl carbamates (subject to hydrolysis) is 1. The number of carboxylic acids is 1. The Morgan fingerprint density at radius 3 is 1.95 bits per heavy atom. The smallest absolute Gasteiger partial charge is 0.407 e. The number of amides is 1. The van der Waals surface area contributed by atoms with E-state index < -0.39 is 50.2 Å². The zero-order valence-electron chi connectivity index (χ0n) is 24.0. The van der Waals surface area contributed by atoms with Crippen molar-refractivity contribution < 1.29 is 28.2 Å². The largest absolute Gasteiger partial charge is 0.481 e. The van der Waals surface area contributed by atoms with Gasteiger partial charge in [-0.2, -0.15) is 0 Å². The lowest BCUT2D eigenvalue weighted by atomic mass is 9.88. The molecule has 2 aromatic carbocycles. The highest BCUT2D eigenvalue weighted by Crippen LogP contribution is 2.40. The Hall–Kier alpha value is -2.71. The van der Waals surface area contributed by atoms with Crippen molar-refractivity contribution in [3.05, 3.63) is 71.8 Å². The number of ether oxygens (including phenoxy) is 1. The second-order valence-electron chi connectivity index (χ2n) is 12.4. The van der Waals surface area contributed by atoms with Crippen LogP contribution >= 0.6 is 0 Å². The third-order valence-corrected chi connectivity index (χ3v) is 11.5. The summed E-state index contributed by atoms with van der Waals surface area (Å²) in [7, 11) is -2.47. The zero-order chi connectivity index (χ0) is 28.7. The fraction of sp³-hybridized carbons (Fsp3) is 0.533. The summed E-state index contributed by atoms with van der Waals surface area (Å²) in [6, 6.07) is 17.2. The molecule has 0 spiro atoms. The van der Waals surface area contributed by atoms with Crippen molar-refractivity contribution in [3.8, 4) is 0 Å². The van der Waals surface area contributed by atoms with Gasteiger partial charge in [-0.25, -0.2) is 9.18 Å². The van der Waals surface area contributed by atoms with Crippen molar-refractivity contribution in [1.82, 2.24) is 5.32 Å². The predicted molar refractivity (Wildman–Crippen MR) is 151 cm³/mol. The van der Waals surface area contributed by atoms with Crippen LogP contribution in [0.15, 0.2) is 60.7 Å². The van der Waals surface area contributed by atoms with Gasteiger partial charge in [0.15, 0.2) is 8.32 Å². The van der Waals surface area contributed by atoms with E-state index in [9.17, 15) is 14.7 Å². The van der Waals surface area contributed by atoms with Crippen molar-refractivity contribution in [1.29, 1.82) is 0 Å². The maximum atomic E-state index is 15.7. The number of halogens is 1. The molecule has 0 bridgehead atoms. The van der Waals surface area contributed by atoms with Crippen LogP contribution in [-0.2, 0) is 20.4 Å². The van der Waals surface area contributed by atoms with Crippen molar-refractivity contribution in [2.45, 2.75) is 96.4 Å². The molecule has 2 aromatic rings. The highest BCUT2D eigenvalue weighted by Gasteiger charge is 2.43. The summed E-state index contributed by atoms with van der Waals surface area (Å²) in [4.78, 5) is 25.3. The second-order valence-corrected chi connectivity index (χ2v) is 17.1. The molecule has 0 aliphatic heterocycles. The molecule has 210 valence electrons. The van der Waals surface area contributed by atoms with Gasteiger partial charge in [-0.1, -0.05) is 81.4 Å².